The Bertz CT molecular complexity index is 681. The molecule has 1 saturated heterocycles. The SMILES string of the molecule is O=C(N1CCC[C@H](c2nn[nH]n2)C1)C1(Cc2ccccc2)CCC1. The molecule has 2 heterocycles. The molecular formula is C18H23N5O. The molecule has 6 heteroatoms. The number of hydrogen-bond acceptors (Lipinski definition) is 4. The van der Waals surface area contributed by atoms with Crippen molar-refractivity contribution in [2.24, 2.45) is 5.41 Å². The van der Waals surface area contributed by atoms with Crippen LogP contribution in [0.5, 0.6) is 0 Å². The molecule has 2 aromatic rings. The van der Waals surface area contributed by atoms with Gasteiger partial charge in [-0.2, -0.15) is 5.21 Å². The number of carbonyl (C=O) groups is 1. The molecule has 1 amide bonds. The van der Waals surface area contributed by atoms with Crippen LogP contribution in [0.4, 0.5) is 0 Å². The van der Waals surface area contributed by atoms with Crippen LogP contribution in [-0.2, 0) is 11.2 Å². The number of tetrazole rings is 1. The van der Waals surface area contributed by atoms with E-state index in [2.05, 4.69) is 44.9 Å². The van der Waals surface area contributed by atoms with Gasteiger partial charge < -0.3 is 4.90 Å². The van der Waals surface area contributed by atoms with E-state index < -0.39 is 0 Å². The van der Waals surface area contributed by atoms with Crippen molar-refractivity contribution < 1.29 is 4.79 Å². The van der Waals surface area contributed by atoms with Gasteiger partial charge in [-0.15, -0.1) is 10.2 Å². The molecule has 2 fully saturated rings. The molecule has 126 valence electrons. The van der Waals surface area contributed by atoms with E-state index >= 15 is 0 Å². The lowest BCUT2D eigenvalue weighted by atomic mass is 9.64. The van der Waals surface area contributed by atoms with E-state index in [0.717, 1.165) is 57.4 Å². The van der Waals surface area contributed by atoms with Crippen molar-refractivity contribution in [1.29, 1.82) is 0 Å². The molecule has 1 aromatic carbocycles. The van der Waals surface area contributed by atoms with Crippen molar-refractivity contribution in [3.05, 3.63) is 41.7 Å². The zero-order valence-corrected chi connectivity index (χ0v) is 13.8. The van der Waals surface area contributed by atoms with Gasteiger partial charge in [0, 0.05) is 19.0 Å². The maximum atomic E-state index is 13.3. The van der Waals surface area contributed by atoms with Crippen LogP contribution in [0, 0.1) is 5.41 Å². The minimum Gasteiger partial charge on any atom is -0.341 e. The van der Waals surface area contributed by atoms with Gasteiger partial charge in [-0.05, 0) is 37.7 Å². The average Bonchev–Trinajstić information content (AvgIpc) is 3.13. The maximum Gasteiger partial charge on any atom is 0.229 e. The first-order valence-corrected chi connectivity index (χ1v) is 8.83. The van der Waals surface area contributed by atoms with Crippen LogP contribution in [0.2, 0.25) is 0 Å². The lowest BCUT2D eigenvalue weighted by Gasteiger charge is -2.45. The molecule has 0 bridgehead atoms. The Labute approximate surface area is 141 Å². The fraction of sp³-hybridized carbons (Fsp3) is 0.556. The van der Waals surface area contributed by atoms with Gasteiger partial charge in [-0.1, -0.05) is 42.0 Å². The van der Waals surface area contributed by atoms with E-state index in [1.54, 1.807) is 0 Å². The Morgan fingerprint density at radius 2 is 2.08 bits per heavy atom. The molecule has 0 spiro atoms. The third kappa shape index (κ3) is 2.81. The summed E-state index contributed by atoms with van der Waals surface area (Å²) in [6, 6.07) is 10.4. The van der Waals surface area contributed by atoms with E-state index in [-0.39, 0.29) is 11.3 Å². The number of carbonyl (C=O) groups excluding carboxylic acids is 1. The summed E-state index contributed by atoms with van der Waals surface area (Å²) in [6.45, 7) is 1.57. The zero-order chi connectivity index (χ0) is 16.4. The van der Waals surface area contributed by atoms with E-state index in [9.17, 15) is 4.79 Å². The second-order valence-corrected chi connectivity index (χ2v) is 7.16. The highest BCUT2D eigenvalue weighted by Gasteiger charge is 2.47. The number of likely N-dealkylation sites (tertiary alicyclic amines) is 1. The molecule has 0 unspecified atom stereocenters. The van der Waals surface area contributed by atoms with Crippen molar-refractivity contribution in [1.82, 2.24) is 25.5 Å². The fourth-order valence-corrected chi connectivity index (χ4v) is 4.11. The van der Waals surface area contributed by atoms with Crippen LogP contribution < -0.4 is 0 Å². The number of rotatable bonds is 4. The van der Waals surface area contributed by atoms with Crippen molar-refractivity contribution in [3.63, 3.8) is 0 Å². The summed E-state index contributed by atoms with van der Waals surface area (Å²) in [7, 11) is 0. The quantitative estimate of drug-likeness (QED) is 0.936. The summed E-state index contributed by atoms with van der Waals surface area (Å²) in [6.07, 6.45) is 6.05. The molecule has 2 aliphatic rings. The van der Waals surface area contributed by atoms with Crippen molar-refractivity contribution in [2.45, 2.75) is 44.4 Å². The van der Waals surface area contributed by atoms with Crippen LogP contribution in [0.3, 0.4) is 0 Å². The van der Waals surface area contributed by atoms with Gasteiger partial charge >= 0.3 is 0 Å². The minimum absolute atomic E-state index is 0.194. The van der Waals surface area contributed by atoms with Crippen LogP contribution in [-0.4, -0.2) is 44.5 Å². The van der Waals surface area contributed by atoms with E-state index in [1.165, 1.54) is 5.56 Å². The zero-order valence-electron chi connectivity index (χ0n) is 13.8. The molecule has 1 aliphatic carbocycles. The molecule has 1 aromatic heterocycles. The predicted molar refractivity (Wildman–Crippen MR) is 89.2 cm³/mol. The van der Waals surface area contributed by atoms with Gasteiger partial charge in [-0.3, -0.25) is 4.79 Å². The minimum atomic E-state index is -0.194. The summed E-state index contributed by atoms with van der Waals surface area (Å²) in [4.78, 5) is 15.3. The number of hydrogen-bond donors (Lipinski definition) is 1. The van der Waals surface area contributed by atoms with E-state index in [0.29, 0.717) is 5.91 Å². The number of H-pyrrole nitrogens is 1. The van der Waals surface area contributed by atoms with Gasteiger partial charge in [0.15, 0.2) is 5.82 Å². The number of piperidine rings is 1. The lowest BCUT2D eigenvalue weighted by Crippen LogP contribution is -2.51. The number of aromatic amines is 1. The molecule has 24 heavy (non-hydrogen) atoms. The first-order chi connectivity index (χ1) is 11.8. The Kier molecular flexibility index (Phi) is 4.04. The summed E-state index contributed by atoms with van der Waals surface area (Å²) >= 11 is 0. The molecular weight excluding hydrogens is 302 g/mol. The van der Waals surface area contributed by atoms with Gasteiger partial charge in [-0.25, -0.2) is 0 Å². The normalized spacial score (nSPS) is 22.8. The average molecular weight is 325 g/mol. The molecule has 1 atom stereocenters. The molecule has 1 saturated carbocycles. The maximum absolute atomic E-state index is 13.3. The van der Waals surface area contributed by atoms with E-state index in [1.807, 2.05) is 11.0 Å². The van der Waals surface area contributed by atoms with Gasteiger partial charge in [0.25, 0.3) is 0 Å². The second-order valence-electron chi connectivity index (χ2n) is 7.16. The topological polar surface area (TPSA) is 74.8 Å². The number of nitrogens with zero attached hydrogens (tertiary/aromatic N) is 4. The smallest absolute Gasteiger partial charge is 0.229 e. The Morgan fingerprint density at radius 3 is 2.75 bits per heavy atom. The summed E-state index contributed by atoms with van der Waals surface area (Å²) in [5.74, 6) is 1.26. The lowest BCUT2D eigenvalue weighted by molar-refractivity contribution is -0.148. The van der Waals surface area contributed by atoms with E-state index in [4.69, 9.17) is 0 Å². The van der Waals surface area contributed by atoms with Gasteiger partial charge in [0.2, 0.25) is 5.91 Å². The Morgan fingerprint density at radius 1 is 1.25 bits per heavy atom. The number of amides is 1. The first-order valence-electron chi connectivity index (χ1n) is 8.83. The highest BCUT2D eigenvalue weighted by atomic mass is 16.2. The number of aromatic nitrogens is 4. The highest BCUT2D eigenvalue weighted by Crippen LogP contribution is 2.46. The third-order valence-electron chi connectivity index (χ3n) is 5.59. The van der Waals surface area contributed by atoms with Crippen molar-refractivity contribution in [3.8, 4) is 0 Å². The molecule has 6 nitrogen and oxygen atoms in total. The number of benzene rings is 1. The van der Waals surface area contributed by atoms with Crippen LogP contribution in [0.1, 0.15) is 49.4 Å². The molecule has 1 N–H and O–H groups in total. The van der Waals surface area contributed by atoms with Gasteiger partial charge in [0.1, 0.15) is 0 Å². The summed E-state index contributed by atoms with van der Waals surface area (Å²) < 4.78 is 0. The molecule has 0 radical (unpaired) electrons. The molecule has 1 aliphatic heterocycles. The highest BCUT2D eigenvalue weighted by molar-refractivity contribution is 5.84. The summed E-state index contributed by atoms with van der Waals surface area (Å²) in [5.41, 5.74) is 1.07. The van der Waals surface area contributed by atoms with Crippen molar-refractivity contribution >= 4 is 5.91 Å². The molecule has 4 rings (SSSR count). The van der Waals surface area contributed by atoms with Crippen LogP contribution >= 0.6 is 0 Å². The number of nitrogens with one attached hydrogen (secondary N) is 1. The second kappa shape index (κ2) is 6.34. The largest absolute Gasteiger partial charge is 0.341 e. The van der Waals surface area contributed by atoms with Crippen molar-refractivity contribution in [2.75, 3.05) is 13.1 Å². The fourth-order valence-electron chi connectivity index (χ4n) is 4.11. The summed E-state index contributed by atoms with van der Waals surface area (Å²) in [5, 5.41) is 14.4. The van der Waals surface area contributed by atoms with Crippen LogP contribution in [0.25, 0.3) is 0 Å². The van der Waals surface area contributed by atoms with Gasteiger partial charge in [0.05, 0.1) is 5.41 Å². The Hall–Kier alpha value is -2.24. The Balaban J connectivity index is 1.49. The predicted octanol–water partition coefficient (Wildman–Crippen LogP) is 2.32. The third-order valence-corrected chi connectivity index (χ3v) is 5.59. The monoisotopic (exact) mass is 325 g/mol. The standard InChI is InChI=1S/C18H23N5O/c24-17(18(9-5-10-18)12-14-6-2-1-3-7-14)23-11-4-8-15(13-23)16-19-21-22-20-16/h1-3,6-7,15H,4-5,8-13H2,(H,19,20,21,22)/t15-/m0/s1. The first kappa shape index (κ1) is 15.3. The van der Waals surface area contributed by atoms with Crippen LogP contribution in [0.15, 0.2) is 30.3 Å².